The molecule has 0 bridgehead atoms. The fourth-order valence-electron chi connectivity index (χ4n) is 2.61. The van der Waals surface area contributed by atoms with Gasteiger partial charge in [-0.1, -0.05) is 20.8 Å². The van der Waals surface area contributed by atoms with Crippen molar-refractivity contribution in [1.82, 2.24) is 14.6 Å². The van der Waals surface area contributed by atoms with Gasteiger partial charge in [-0.3, -0.25) is 0 Å². The van der Waals surface area contributed by atoms with Gasteiger partial charge < -0.3 is 0 Å². The van der Waals surface area contributed by atoms with Crippen molar-refractivity contribution in [2.45, 2.75) is 52.4 Å². The molecular formula is C14H19N3. The lowest BCUT2D eigenvalue weighted by Crippen LogP contribution is -2.12. The van der Waals surface area contributed by atoms with Gasteiger partial charge in [0.2, 0.25) is 0 Å². The van der Waals surface area contributed by atoms with Gasteiger partial charge in [0.25, 0.3) is 0 Å². The highest BCUT2D eigenvalue weighted by Gasteiger charge is 2.23. The Labute approximate surface area is 102 Å². The van der Waals surface area contributed by atoms with E-state index in [9.17, 15) is 0 Å². The van der Waals surface area contributed by atoms with E-state index in [4.69, 9.17) is 5.10 Å². The Morgan fingerprint density at radius 1 is 1.24 bits per heavy atom. The molecule has 1 aliphatic rings. The summed E-state index contributed by atoms with van der Waals surface area (Å²) in [6.07, 6.45) is 3.54. The molecule has 2 aromatic heterocycles. The second-order valence-corrected chi connectivity index (χ2v) is 6.03. The Morgan fingerprint density at radius 2 is 2.00 bits per heavy atom. The van der Waals surface area contributed by atoms with E-state index < -0.39 is 0 Å². The molecule has 0 radical (unpaired) electrons. The van der Waals surface area contributed by atoms with E-state index in [-0.39, 0.29) is 5.41 Å². The molecular weight excluding hydrogens is 210 g/mol. The van der Waals surface area contributed by atoms with Gasteiger partial charge in [0.05, 0.1) is 5.69 Å². The van der Waals surface area contributed by atoms with Gasteiger partial charge in [-0.2, -0.15) is 5.10 Å². The van der Waals surface area contributed by atoms with Gasteiger partial charge in [-0.05, 0) is 31.7 Å². The van der Waals surface area contributed by atoms with E-state index in [1.54, 1.807) is 0 Å². The second-order valence-electron chi connectivity index (χ2n) is 6.03. The molecule has 90 valence electrons. The van der Waals surface area contributed by atoms with E-state index >= 15 is 0 Å². The minimum Gasteiger partial charge on any atom is -0.234 e. The van der Waals surface area contributed by atoms with Gasteiger partial charge in [0.15, 0.2) is 5.65 Å². The fraction of sp³-hybridized carbons (Fsp3) is 0.571. The van der Waals surface area contributed by atoms with Crippen LogP contribution >= 0.6 is 0 Å². The summed E-state index contributed by atoms with van der Waals surface area (Å²) in [7, 11) is 0. The quantitative estimate of drug-likeness (QED) is 0.695. The lowest BCUT2D eigenvalue weighted by atomic mass is 9.93. The van der Waals surface area contributed by atoms with Crippen LogP contribution in [0.5, 0.6) is 0 Å². The first kappa shape index (κ1) is 10.8. The van der Waals surface area contributed by atoms with E-state index in [0.717, 1.165) is 24.2 Å². The molecule has 0 aliphatic heterocycles. The van der Waals surface area contributed by atoms with Crippen molar-refractivity contribution in [2.24, 2.45) is 0 Å². The monoisotopic (exact) mass is 229 g/mol. The Kier molecular flexibility index (Phi) is 2.09. The molecule has 2 aromatic rings. The third-order valence-corrected chi connectivity index (χ3v) is 3.62. The van der Waals surface area contributed by atoms with Crippen LogP contribution in [-0.2, 0) is 18.3 Å². The summed E-state index contributed by atoms with van der Waals surface area (Å²) in [6.45, 7) is 8.71. The summed E-state index contributed by atoms with van der Waals surface area (Å²) in [6, 6.07) is 2.13. The zero-order valence-electron chi connectivity index (χ0n) is 11.0. The van der Waals surface area contributed by atoms with Crippen molar-refractivity contribution in [3.63, 3.8) is 0 Å². The molecule has 0 fully saturated rings. The molecule has 0 saturated carbocycles. The molecule has 0 amide bonds. The van der Waals surface area contributed by atoms with Crippen LogP contribution in [-0.4, -0.2) is 14.6 Å². The van der Waals surface area contributed by atoms with Crippen molar-refractivity contribution in [1.29, 1.82) is 0 Å². The van der Waals surface area contributed by atoms with Crippen LogP contribution in [0.3, 0.4) is 0 Å². The molecule has 3 rings (SSSR count). The molecule has 0 N–H and O–H groups in total. The van der Waals surface area contributed by atoms with E-state index in [1.807, 2.05) is 0 Å². The first-order valence-corrected chi connectivity index (χ1v) is 6.35. The van der Waals surface area contributed by atoms with Crippen molar-refractivity contribution < 1.29 is 0 Å². The second kappa shape index (κ2) is 3.31. The number of hydrogen-bond donors (Lipinski definition) is 0. The van der Waals surface area contributed by atoms with Gasteiger partial charge in [-0.25, -0.2) is 9.50 Å². The maximum absolute atomic E-state index is 4.75. The summed E-state index contributed by atoms with van der Waals surface area (Å²) >= 11 is 0. The number of rotatable bonds is 0. The number of fused-ring (bicyclic) bond motifs is 3. The topological polar surface area (TPSA) is 30.2 Å². The standard InChI is InChI=1S/C14H19N3/c1-9-10-6-5-7-11(10)17-13(15-9)8-12(16-17)14(2,3)4/h8H,5-7H2,1-4H3. The van der Waals surface area contributed by atoms with Gasteiger partial charge >= 0.3 is 0 Å². The summed E-state index contributed by atoms with van der Waals surface area (Å²) in [5.74, 6) is 0. The molecule has 3 nitrogen and oxygen atoms in total. The number of nitrogens with zero attached hydrogens (tertiary/aromatic N) is 3. The van der Waals surface area contributed by atoms with Crippen LogP contribution in [0, 0.1) is 6.92 Å². The highest BCUT2D eigenvalue weighted by molar-refractivity contribution is 5.47. The zero-order valence-corrected chi connectivity index (χ0v) is 11.0. The predicted molar refractivity (Wildman–Crippen MR) is 68.4 cm³/mol. The lowest BCUT2D eigenvalue weighted by Gasteiger charge is -2.13. The summed E-state index contributed by atoms with van der Waals surface area (Å²) < 4.78 is 2.07. The normalized spacial score (nSPS) is 15.5. The third kappa shape index (κ3) is 1.56. The lowest BCUT2D eigenvalue weighted by molar-refractivity contribution is 0.561. The zero-order chi connectivity index (χ0) is 12.2. The molecule has 1 aliphatic carbocycles. The molecule has 0 spiro atoms. The van der Waals surface area contributed by atoms with Crippen LogP contribution in [0.4, 0.5) is 0 Å². The SMILES string of the molecule is Cc1nc2cc(C(C)(C)C)nn2c2c1CCC2. The van der Waals surface area contributed by atoms with Crippen molar-refractivity contribution in [3.05, 3.63) is 28.7 Å². The smallest absolute Gasteiger partial charge is 0.155 e. The predicted octanol–water partition coefficient (Wildman–Crippen LogP) is 2.82. The van der Waals surface area contributed by atoms with Crippen molar-refractivity contribution >= 4 is 5.65 Å². The van der Waals surface area contributed by atoms with E-state index in [2.05, 4.69) is 43.3 Å². The van der Waals surface area contributed by atoms with E-state index in [1.165, 1.54) is 23.4 Å². The molecule has 17 heavy (non-hydrogen) atoms. The fourth-order valence-corrected chi connectivity index (χ4v) is 2.61. The van der Waals surface area contributed by atoms with Crippen LogP contribution in [0.15, 0.2) is 6.07 Å². The Balaban J connectivity index is 2.30. The highest BCUT2D eigenvalue weighted by Crippen LogP contribution is 2.27. The van der Waals surface area contributed by atoms with Crippen molar-refractivity contribution in [2.75, 3.05) is 0 Å². The molecule has 0 aromatic carbocycles. The first-order valence-electron chi connectivity index (χ1n) is 6.35. The van der Waals surface area contributed by atoms with Crippen LogP contribution in [0.2, 0.25) is 0 Å². The van der Waals surface area contributed by atoms with Crippen LogP contribution in [0.25, 0.3) is 5.65 Å². The highest BCUT2D eigenvalue weighted by atomic mass is 15.3. The summed E-state index contributed by atoms with van der Waals surface area (Å²) in [4.78, 5) is 4.68. The minimum absolute atomic E-state index is 0.0904. The molecule has 0 atom stereocenters. The van der Waals surface area contributed by atoms with Crippen LogP contribution in [0.1, 0.15) is 49.8 Å². The summed E-state index contributed by atoms with van der Waals surface area (Å²) in [5, 5.41) is 4.75. The maximum Gasteiger partial charge on any atom is 0.155 e. The molecule has 0 saturated heterocycles. The van der Waals surface area contributed by atoms with Gasteiger partial charge in [0, 0.05) is 22.9 Å². The van der Waals surface area contributed by atoms with Crippen LogP contribution < -0.4 is 0 Å². The number of aromatic nitrogens is 3. The largest absolute Gasteiger partial charge is 0.234 e. The molecule has 2 heterocycles. The Hall–Kier alpha value is -1.38. The number of aryl methyl sites for hydroxylation is 2. The molecule has 3 heteroatoms. The average Bonchev–Trinajstić information content (AvgIpc) is 2.78. The maximum atomic E-state index is 4.75. The number of hydrogen-bond acceptors (Lipinski definition) is 2. The average molecular weight is 229 g/mol. The molecule has 0 unspecified atom stereocenters. The van der Waals surface area contributed by atoms with Crippen molar-refractivity contribution in [3.8, 4) is 0 Å². The third-order valence-electron chi connectivity index (χ3n) is 3.62. The first-order chi connectivity index (χ1) is 7.97. The van der Waals surface area contributed by atoms with E-state index in [0.29, 0.717) is 0 Å². The Bertz CT molecular complexity index is 588. The summed E-state index contributed by atoms with van der Waals surface area (Å²) in [5.41, 5.74) is 6.21. The Morgan fingerprint density at radius 3 is 2.71 bits per heavy atom. The van der Waals surface area contributed by atoms with Gasteiger partial charge in [0.1, 0.15) is 0 Å². The van der Waals surface area contributed by atoms with Gasteiger partial charge in [-0.15, -0.1) is 0 Å². The minimum atomic E-state index is 0.0904.